The normalized spacial score (nSPS) is 29.0. The first kappa shape index (κ1) is 11.5. The molecule has 2 heterocycles. The van der Waals surface area contributed by atoms with Crippen LogP contribution >= 0.6 is 15.9 Å². The topological polar surface area (TPSA) is 15.3 Å². The van der Waals surface area contributed by atoms with Gasteiger partial charge in [-0.3, -0.25) is 4.90 Å². The first-order chi connectivity index (χ1) is 8.33. The lowest BCUT2D eigenvalue weighted by Crippen LogP contribution is -2.41. The van der Waals surface area contributed by atoms with Crippen LogP contribution in [0.3, 0.4) is 0 Å². The number of fused-ring (bicyclic) bond motifs is 1. The predicted octanol–water partition coefficient (Wildman–Crippen LogP) is 3.49. The number of anilines is 1. The molecule has 2 unspecified atom stereocenters. The van der Waals surface area contributed by atoms with Gasteiger partial charge in [0.2, 0.25) is 0 Å². The zero-order valence-corrected chi connectivity index (χ0v) is 11.6. The molecule has 2 aliphatic rings. The molecule has 3 rings (SSSR count). The fourth-order valence-corrected chi connectivity index (χ4v) is 3.61. The van der Waals surface area contributed by atoms with Gasteiger partial charge in [0.1, 0.15) is 0 Å². The van der Waals surface area contributed by atoms with Gasteiger partial charge in [0.25, 0.3) is 0 Å². The summed E-state index contributed by atoms with van der Waals surface area (Å²) in [5.41, 5.74) is 1.25. The van der Waals surface area contributed by atoms with Gasteiger partial charge < -0.3 is 5.32 Å². The first-order valence-electron chi connectivity index (χ1n) is 6.59. The van der Waals surface area contributed by atoms with Crippen molar-refractivity contribution in [2.75, 3.05) is 18.4 Å². The average Bonchev–Trinajstić information content (AvgIpc) is 2.73. The minimum Gasteiger partial charge on any atom is -0.381 e. The number of nitrogens with zero attached hydrogens (tertiary/aromatic N) is 1. The second kappa shape index (κ2) is 4.99. The van der Waals surface area contributed by atoms with Crippen LogP contribution in [0.2, 0.25) is 0 Å². The van der Waals surface area contributed by atoms with Gasteiger partial charge in [-0.15, -0.1) is 0 Å². The van der Waals surface area contributed by atoms with Crippen LogP contribution in [0, 0.1) is 0 Å². The van der Waals surface area contributed by atoms with E-state index in [0.29, 0.717) is 6.04 Å². The Balaban J connectivity index is 1.69. The molecule has 0 radical (unpaired) electrons. The third kappa shape index (κ3) is 2.50. The Bertz CT molecular complexity index is 394. The summed E-state index contributed by atoms with van der Waals surface area (Å²) in [7, 11) is 0. The maximum Gasteiger partial charge on any atom is 0.0429 e. The van der Waals surface area contributed by atoms with E-state index in [1.54, 1.807) is 0 Å². The molecule has 1 N–H and O–H groups in total. The van der Waals surface area contributed by atoms with Crippen LogP contribution in [-0.2, 0) is 0 Å². The number of nitrogens with one attached hydrogen (secondary N) is 1. The minimum atomic E-state index is 0.643. The maximum absolute atomic E-state index is 3.71. The molecule has 2 atom stereocenters. The Morgan fingerprint density at radius 1 is 1.18 bits per heavy atom. The highest BCUT2D eigenvalue weighted by Crippen LogP contribution is 2.29. The number of halogens is 1. The molecule has 0 amide bonds. The molecule has 0 bridgehead atoms. The Morgan fingerprint density at radius 2 is 2.12 bits per heavy atom. The monoisotopic (exact) mass is 294 g/mol. The molecule has 0 spiro atoms. The van der Waals surface area contributed by atoms with Gasteiger partial charge in [-0.05, 0) is 44.0 Å². The smallest absolute Gasteiger partial charge is 0.0429 e. The summed E-state index contributed by atoms with van der Waals surface area (Å²) in [5, 5.41) is 3.71. The lowest BCUT2D eigenvalue weighted by Gasteiger charge is -2.33. The quantitative estimate of drug-likeness (QED) is 0.898. The van der Waals surface area contributed by atoms with Crippen LogP contribution in [0.4, 0.5) is 5.69 Å². The third-order valence-electron chi connectivity index (χ3n) is 4.03. The van der Waals surface area contributed by atoms with Crippen molar-refractivity contribution in [2.45, 2.75) is 37.8 Å². The number of benzene rings is 1. The van der Waals surface area contributed by atoms with Crippen LogP contribution in [0.5, 0.6) is 0 Å². The van der Waals surface area contributed by atoms with E-state index in [1.165, 1.54) is 44.5 Å². The minimum absolute atomic E-state index is 0.643. The Labute approximate surface area is 112 Å². The lowest BCUT2D eigenvalue weighted by molar-refractivity contribution is 0.193. The average molecular weight is 295 g/mol. The molecule has 0 aromatic heterocycles. The van der Waals surface area contributed by atoms with Gasteiger partial charge in [0.05, 0.1) is 0 Å². The summed E-state index contributed by atoms with van der Waals surface area (Å²) in [6, 6.07) is 9.92. The second-order valence-corrected chi connectivity index (χ2v) is 6.06. The van der Waals surface area contributed by atoms with E-state index in [2.05, 4.69) is 50.4 Å². The molecule has 1 aromatic carbocycles. The summed E-state index contributed by atoms with van der Waals surface area (Å²) in [6.07, 6.45) is 5.45. The maximum atomic E-state index is 3.71. The van der Waals surface area contributed by atoms with Crippen LogP contribution in [-0.4, -0.2) is 30.1 Å². The van der Waals surface area contributed by atoms with Crippen molar-refractivity contribution >= 4 is 21.6 Å². The first-order valence-corrected chi connectivity index (χ1v) is 7.38. The van der Waals surface area contributed by atoms with E-state index < -0.39 is 0 Å². The number of hydrogen-bond acceptors (Lipinski definition) is 2. The lowest BCUT2D eigenvalue weighted by atomic mass is 9.99. The molecule has 2 aliphatic heterocycles. The van der Waals surface area contributed by atoms with Gasteiger partial charge in [0.15, 0.2) is 0 Å². The van der Waals surface area contributed by atoms with Gasteiger partial charge in [-0.1, -0.05) is 28.4 Å². The SMILES string of the molecule is Brc1cccc(NC2CCN3CCCCC23)c1. The fraction of sp³-hybridized carbons (Fsp3) is 0.571. The van der Waals surface area contributed by atoms with Crippen molar-refractivity contribution in [1.82, 2.24) is 4.90 Å². The molecule has 0 saturated carbocycles. The Kier molecular flexibility index (Phi) is 3.39. The van der Waals surface area contributed by atoms with E-state index >= 15 is 0 Å². The number of rotatable bonds is 2. The van der Waals surface area contributed by atoms with Gasteiger partial charge >= 0.3 is 0 Å². The van der Waals surface area contributed by atoms with Crippen LogP contribution in [0.15, 0.2) is 28.7 Å². The van der Waals surface area contributed by atoms with Crippen molar-refractivity contribution < 1.29 is 0 Å². The van der Waals surface area contributed by atoms with Crippen molar-refractivity contribution in [3.05, 3.63) is 28.7 Å². The summed E-state index contributed by atoms with van der Waals surface area (Å²) in [5.74, 6) is 0. The molecule has 2 nitrogen and oxygen atoms in total. The van der Waals surface area contributed by atoms with Crippen molar-refractivity contribution in [3.63, 3.8) is 0 Å². The number of piperidine rings is 1. The summed E-state index contributed by atoms with van der Waals surface area (Å²) < 4.78 is 1.15. The highest BCUT2D eigenvalue weighted by Gasteiger charge is 2.35. The largest absolute Gasteiger partial charge is 0.381 e. The second-order valence-electron chi connectivity index (χ2n) is 5.15. The highest BCUT2D eigenvalue weighted by atomic mass is 79.9. The Morgan fingerprint density at radius 3 is 3.00 bits per heavy atom. The van der Waals surface area contributed by atoms with E-state index in [1.807, 2.05) is 0 Å². The fourth-order valence-electron chi connectivity index (χ4n) is 3.21. The van der Waals surface area contributed by atoms with E-state index in [-0.39, 0.29) is 0 Å². The highest BCUT2D eigenvalue weighted by molar-refractivity contribution is 9.10. The molecule has 17 heavy (non-hydrogen) atoms. The third-order valence-corrected chi connectivity index (χ3v) is 4.53. The van der Waals surface area contributed by atoms with E-state index in [9.17, 15) is 0 Å². The molecule has 3 heteroatoms. The van der Waals surface area contributed by atoms with Gasteiger partial charge in [0, 0.05) is 28.8 Å². The molecular formula is C14H19BrN2. The van der Waals surface area contributed by atoms with Crippen molar-refractivity contribution in [1.29, 1.82) is 0 Å². The molecule has 0 aliphatic carbocycles. The number of hydrogen-bond donors (Lipinski definition) is 1. The summed E-state index contributed by atoms with van der Waals surface area (Å²) in [4.78, 5) is 2.67. The molecule has 2 saturated heterocycles. The van der Waals surface area contributed by atoms with Crippen LogP contribution in [0.25, 0.3) is 0 Å². The molecule has 2 fully saturated rings. The summed E-state index contributed by atoms with van der Waals surface area (Å²) in [6.45, 7) is 2.58. The Hall–Kier alpha value is -0.540. The predicted molar refractivity (Wildman–Crippen MR) is 75.4 cm³/mol. The van der Waals surface area contributed by atoms with Crippen molar-refractivity contribution in [3.8, 4) is 0 Å². The van der Waals surface area contributed by atoms with Crippen molar-refractivity contribution in [2.24, 2.45) is 0 Å². The molecular weight excluding hydrogens is 276 g/mol. The van der Waals surface area contributed by atoms with E-state index in [4.69, 9.17) is 0 Å². The molecule has 92 valence electrons. The van der Waals surface area contributed by atoms with Gasteiger partial charge in [-0.2, -0.15) is 0 Å². The van der Waals surface area contributed by atoms with Crippen LogP contribution in [0.1, 0.15) is 25.7 Å². The summed E-state index contributed by atoms with van der Waals surface area (Å²) >= 11 is 3.53. The molecule has 1 aromatic rings. The van der Waals surface area contributed by atoms with E-state index in [0.717, 1.165) is 10.5 Å². The van der Waals surface area contributed by atoms with Crippen LogP contribution < -0.4 is 5.32 Å². The zero-order valence-electron chi connectivity index (χ0n) is 10.0. The standard InChI is InChI=1S/C14H19BrN2/c15-11-4-3-5-12(10-11)16-13-7-9-17-8-2-1-6-14(13)17/h3-5,10,13-14,16H,1-2,6-9H2. The van der Waals surface area contributed by atoms with Gasteiger partial charge in [-0.25, -0.2) is 0 Å². The zero-order chi connectivity index (χ0) is 11.7.